The molecule has 2 N–H and O–H groups in total. The maximum atomic E-state index is 13.3. The van der Waals surface area contributed by atoms with Crippen LogP contribution in [0.15, 0.2) is 29.2 Å². The molecule has 1 rings (SSSR count). The minimum atomic E-state index is -3.35. The van der Waals surface area contributed by atoms with Gasteiger partial charge in [-0.3, -0.25) is 0 Å². The van der Waals surface area contributed by atoms with Gasteiger partial charge in [-0.2, -0.15) is 0 Å². The molecule has 0 radical (unpaired) electrons. The zero-order valence-corrected chi connectivity index (χ0v) is 9.09. The van der Waals surface area contributed by atoms with E-state index in [2.05, 4.69) is 0 Å². The summed E-state index contributed by atoms with van der Waals surface area (Å²) in [6.45, 7) is 0.313. The highest BCUT2D eigenvalue weighted by atomic mass is 32.2. The van der Waals surface area contributed by atoms with Gasteiger partial charge < -0.3 is 5.73 Å². The molecule has 0 saturated carbocycles. The molecule has 82 valence electrons. The highest BCUT2D eigenvalue weighted by Crippen LogP contribution is 2.15. The first kappa shape index (κ1) is 11.9. The topological polar surface area (TPSA) is 60.2 Å². The van der Waals surface area contributed by atoms with E-state index >= 15 is 0 Å². The van der Waals surface area contributed by atoms with Gasteiger partial charge in [0.2, 0.25) is 0 Å². The quantitative estimate of drug-likeness (QED) is 0.847. The Bertz CT molecular complexity index is 480. The van der Waals surface area contributed by atoms with Crippen molar-refractivity contribution in [1.29, 1.82) is 0 Å². The molecular weight excluding hydrogens is 217 g/mol. The van der Waals surface area contributed by atoms with Crippen molar-refractivity contribution in [1.82, 2.24) is 0 Å². The number of nitrogens with two attached hydrogens (primary N) is 1. The van der Waals surface area contributed by atoms with Crippen LogP contribution < -0.4 is 5.73 Å². The van der Waals surface area contributed by atoms with E-state index < -0.39 is 15.7 Å². The highest BCUT2D eigenvalue weighted by Gasteiger charge is 2.09. The average Bonchev–Trinajstić information content (AvgIpc) is 2.14. The Morgan fingerprint density at radius 1 is 1.47 bits per heavy atom. The Morgan fingerprint density at radius 2 is 2.13 bits per heavy atom. The lowest BCUT2D eigenvalue weighted by atomic mass is 10.2. The molecular formula is C10H12FNO2S. The van der Waals surface area contributed by atoms with E-state index in [1.165, 1.54) is 18.2 Å². The van der Waals surface area contributed by atoms with Gasteiger partial charge in [-0.1, -0.05) is 18.2 Å². The first-order chi connectivity index (χ1) is 6.95. The second kappa shape index (κ2) is 4.55. The van der Waals surface area contributed by atoms with Gasteiger partial charge >= 0.3 is 0 Å². The van der Waals surface area contributed by atoms with Gasteiger partial charge in [0.25, 0.3) is 0 Å². The van der Waals surface area contributed by atoms with Gasteiger partial charge in [0.05, 0.1) is 4.90 Å². The Labute approximate surface area is 88.3 Å². The lowest BCUT2D eigenvalue weighted by molar-refractivity contribution is 0.595. The molecule has 0 aliphatic rings. The smallest absolute Gasteiger partial charge is 0.175 e. The van der Waals surface area contributed by atoms with Crippen LogP contribution in [0.1, 0.15) is 5.56 Å². The molecule has 0 heterocycles. The fraction of sp³-hybridized carbons (Fsp3) is 0.200. The van der Waals surface area contributed by atoms with Crippen molar-refractivity contribution in [2.24, 2.45) is 5.73 Å². The van der Waals surface area contributed by atoms with E-state index in [1.54, 1.807) is 6.08 Å². The van der Waals surface area contributed by atoms with Crippen molar-refractivity contribution in [3.05, 3.63) is 35.7 Å². The van der Waals surface area contributed by atoms with E-state index in [9.17, 15) is 12.8 Å². The molecule has 3 nitrogen and oxygen atoms in total. The molecule has 0 unspecified atom stereocenters. The third kappa shape index (κ3) is 3.14. The molecule has 0 bridgehead atoms. The van der Waals surface area contributed by atoms with Gasteiger partial charge in [0.1, 0.15) is 5.82 Å². The summed E-state index contributed by atoms with van der Waals surface area (Å²) in [6.07, 6.45) is 4.15. The predicted octanol–water partition coefficient (Wildman–Crippen LogP) is 1.20. The van der Waals surface area contributed by atoms with Crippen LogP contribution in [0.3, 0.4) is 0 Å². The van der Waals surface area contributed by atoms with Crippen molar-refractivity contribution >= 4 is 15.9 Å². The minimum Gasteiger partial charge on any atom is -0.327 e. The first-order valence-corrected chi connectivity index (χ1v) is 6.20. The van der Waals surface area contributed by atoms with Gasteiger partial charge in [-0.25, -0.2) is 12.8 Å². The van der Waals surface area contributed by atoms with Crippen molar-refractivity contribution in [3.63, 3.8) is 0 Å². The molecule has 0 aliphatic heterocycles. The second-order valence-electron chi connectivity index (χ2n) is 3.09. The lowest BCUT2D eigenvalue weighted by Crippen LogP contribution is -1.98. The molecule has 5 heteroatoms. The van der Waals surface area contributed by atoms with E-state index in [-0.39, 0.29) is 4.90 Å². The molecule has 15 heavy (non-hydrogen) atoms. The normalized spacial score (nSPS) is 12.2. The van der Waals surface area contributed by atoms with Gasteiger partial charge in [0.15, 0.2) is 9.84 Å². The minimum absolute atomic E-state index is 0.0232. The van der Waals surface area contributed by atoms with Gasteiger partial charge in [-0.15, -0.1) is 0 Å². The van der Waals surface area contributed by atoms with Gasteiger partial charge in [-0.05, 0) is 12.1 Å². The molecule has 1 aromatic carbocycles. The Morgan fingerprint density at radius 3 is 2.60 bits per heavy atom. The van der Waals surface area contributed by atoms with E-state index in [0.29, 0.717) is 12.1 Å². The van der Waals surface area contributed by atoms with Crippen molar-refractivity contribution in [2.45, 2.75) is 4.90 Å². The summed E-state index contributed by atoms with van der Waals surface area (Å²) in [5.41, 5.74) is 5.55. The third-order valence-corrected chi connectivity index (χ3v) is 2.94. The summed E-state index contributed by atoms with van der Waals surface area (Å²) < 4.78 is 35.6. The van der Waals surface area contributed by atoms with Crippen LogP contribution in [-0.2, 0) is 9.84 Å². The number of benzene rings is 1. The van der Waals surface area contributed by atoms with Crippen LogP contribution in [-0.4, -0.2) is 21.2 Å². The van der Waals surface area contributed by atoms with Crippen LogP contribution in [0.2, 0.25) is 0 Å². The Balaban J connectivity index is 3.15. The molecule has 0 atom stereocenters. The summed E-state index contributed by atoms with van der Waals surface area (Å²) in [6, 6.07) is 3.79. The van der Waals surface area contributed by atoms with E-state index in [0.717, 1.165) is 12.3 Å². The largest absolute Gasteiger partial charge is 0.327 e. The van der Waals surface area contributed by atoms with Crippen molar-refractivity contribution < 1.29 is 12.8 Å². The average molecular weight is 229 g/mol. The summed E-state index contributed by atoms with van der Waals surface area (Å²) in [7, 11) is -3.35. The van der Waals surface area contributed by atoms with E-state index in [1.807, 2.05) is 0 Å². The fourth-order valence-corrected chi connectivity index (χ4v) is 1.70. The molecule has 0 aliphatic carbocycles. The predicted molar refractivity (Wildman–Crippen MR) is 57.6 cm³/mol. The number of halogens is 1. The number of hydrogen-bond acceptors (Lipinski definition) is 3. The summed E-state index contributed by atoms with van der Waals surface area (Å²) >= 11 is 0. The first-order valence-electron chi connectivity index (χ1n) is 4.31. The maximum absolute atomic E-state index is 13.3. The van der Waals surface area contributed by atoms with E-state index in [4.69, 9.17) is 5.73 Å². The van der Waals surface area contributed by atoms with Crippen LogP contribution in [0, 0.1) is 5.82 Å². The van der Waals surface area contributed by atoms with Crippen LogP contribution >= 0.6 is 0 Å². The monoisotopic (exact) mass is 229 g/mol. The third-order valence-electron chi connectivity index (χ3n) is 1.83. The number of hydrogen-bond donors (Lipinski definition) is 1. The summed E-state index contributed by atoms with van der Waals surface area (Å²) in [5, 5.41) is 0. The second-order valence-corrected chi connectivity index (χ2v) is 5.11. The van der Waals surface area contributed by atoms with Gasteiger partial charge in [0, 0.05) is 18.4 Å². The SMILES string of the molecule is CS(=O)(=O)c1ccc(/C=C/CN)c(F)c1. The maximum Gasteiger partial charge on any atom is 0.175 e. The highest BCUT2D eigenvalue weighted by molar-refractivity contribution is 7.90. The number of rotatable bonds is 3. The molecule has 0 spiro atoms. The molecule has 0 fully saturated rings. The molecule has 0 amide bonds. The summed E-state index contributed by atoms with van der Waals surface area (Å²) in [5.74, 6) is -0.567. The zero-order valence-electron chi connectivity index (χ0n) is 8.27. The number of sulfone groups is 1. The zero-order chi connectivity index (χ0) is 11.5. The standard InChI is InChI=1S/C10H12FNO2S/c1-15(13,14)9-5-4-8(3-2-6-12)10(11)7-9/h2-5,7H,6,12H2,1H3/b3-2+. The fourth-order valence-electron chi connectivity index (χ4n) is 1.07. The van der Waals surface area contributed by atoms with Crippen molar-refractivity contribution in [3.8, 4) is 0 Å². The molecule has 1 aromatic rings. The van der Waals surface area contributed by atoms with Crippen molar-refractivity contribution in [2.75, 3.05) is 12.8 Å². The summed E-state index contributed by atoms with van der Waals surface area (Å²) in [4.78, 5) is -0.0232. The molecule has 0 saturated heterocycles. The molecule has 0 aromatic heterocycles. The van der Waals surface area contributed by atoms with Crippen LogP contribution in [0.25, 0.3) is 6.08 Å². The lowest BCUT2D eigenvalue weighted by Gasteiger charge is -2.00. The Kier molecular flexibility index (Phi) is 3.60. The van der Waals surface area contributed by atoms with Crippen LogP contribution in [0.4, 0.5) is 4.39 Å². The Hall–Kier alpha value is -1.20. The van der Waals surface area contributed by atoms with Crippen LogP contribution in [0.5, 0.6) is 0 Å².